The minimum atomic E-state index is -0.106. The van der Waals surface area contributed by atoms with Crippen molar-refractivity contribution in [3.05, 3.63) is 12.2 Å². The molecule has 156 valence electrons. The van der Waals surface area contributed by atoms with Crippen LogP contribution < -0.4 is 0 Å². The number of aryl methyl sites for hydroxylation is 1. The first-order chi connectivity index (χ1) is 13.5. The second-order valence-corrected chi connectivity index (χ2v) is 9.04. The first kappa shape index (κ1) is 19.8. The van der Waals surface area contributed by atoms with E-state index in [2.05, 4.69) is 22.0 Å². The molecule has 1 aromatic rings. The Kier molecular flexibility index (Phi) is 5.71. The van der Waals surface area contributed by atoms with E-state index in [1.807, 2.05) is 4.90 Å². The van der Waals surface area contributed by atoms with E-state index < -0.39 is 0 Å². The molecule has 1 atom stereocenters. The summed E-state index contributed by atoms with van der Waals surface area (Å²) >= 11 is 0. The molecule has 1 N–H and O–H groups in total. The highest BCUT2D eigenvalue weighted by molar-refractivity contribution is 5.90. The molecule has 4 rings (SSSR count). The molecule has 1 aromatic heterocycles. The van der Waals surface area contributed by atoms with Gasteiger partial charge in [0.05, 0.1) is 18.8 Å². The number of carbonyl (C=O) groups is 1. The summed E-state index contributed by atoms with van der Waals surface area (Å²) < 4.78 is 7.74. The number of hydrogen-bond donors (Lipinski definition) is 1. The van der Waals surface area contributed by atoms with E-state index in [1.54, 1.807) is 11.7 Å². The minimum absolute atomic E-state index is 0.0236. The van der Waals surface area contributed by atoms with Crippen LogP contribution >= 0.6 is 0 Å². The fourth-order valence-electron chi connectivity index (χ4n) is 5.15. The minimum Gasteiger partial charge on any atom is -0.393 e. The van der Waals surface area contributed by atoms with Gasteiger partial charge in [0, 0.05) is 32.7 Å². The second kappa shape index (κ2) is 8.08. The maximum Gasteiger partial charge on any atom is 0.291 e. The Morgan fingerprint density at radius 3 is 2.68 bits per heavy atom. The molecule has 3 heterocycles. The maximum absolute atomic E-state index is 12.6. The van der Waals surface area contributed by atoms with Crippen LogP contribution in [-0.4, -0.2) is 87.1 Å². The van der Waals surface area contributed by atoms with Crippen LogP contribution in [0.5, 0.6) is 0 Å². The highest BCUT2D eigenvalue weighted by atomic mass is 16.5. The van der Waals surface area contributed by atoms with Crippen molar-refractivity contribution in [3.8, 4) is 0 Å². The lowest BCUT2D eigenvalue weighted by molar-refractivity contribution is 0.0333. The summed E-state index contributed by atoms with van der Waals surface area (Å²) in [4.78, 5) is 21.1. The summed E-state index contributed by atoms with van der Waals surface area (Å²) in [6, 6.07) is 0.564. The molecule has 8 nitrogen and oxygen atoms in total. The van der Waals surface area contributed by atoms with E-state index >= 15 is 0 Å². The Labute approximate surface area is 166 Å². The average Bonchev–Trinajstić information content (AvgIpc) is 3.29. The highest BCUT2D eigenvalue weighted by Crippen LogP contribution is 2.42. The zero-order chi connectivity index (χ0) is 19.7. The number of aliphatic hydroxyl groups is 1. The zero-order valence-corrected chi connectivity index (χ0v) is 17.1. The van der Waals surface area contributed by atoms with Crippen LogP contribution in [0, 0.1) is 5.41 Å². The van der Waals surface area contributed by atoms with E-state index in [0.717, 1.165) is 71.2 Å². The van der Waals surface area contributed by atoms with Crippen molar-refractivity contribution < 1.29 is 14.6 Å². The molecule has 0 radical (unpaired) electrons. The highest BCUT2D eigenvalue weighted by Gasteiger charge is 2.44. The van der Waals surface area contributed by atoms with E-state index in [0.29, 0.717) is 11.9 Å². The fraction of sp³-hybridized carbons (Fsp3) is 0.850. The SMILES string of the molecule is CN(C[C@@H]1CC2(CCN(C(=O)c3ncnn3C)CC2)CO1)C1CCC(O)CC1. The number of ether oxygens (including phenoxy) is 1. The van der Waals surface area contributed by atoms with Crippen molar-refractivity contribution in [2.24, 2.45) is 12.5 Å². The number of likely N-dealkylation sites (N-methyl/N-ethyl adjacent to an activating group) is 1. The zero-order valence-electron chi connectivity index (χ0n) is 17.1. The predicted octanol–water partition coefficient (Wildman–Crippen LogP) is 1.06. The van der Waals surface area contributed by atoms with Crippen molar-refractivity contribution in [2.75, 3.05) is 33.3 Å². The standard InChI is InChI=1S/C20H33N5O3/c1-23(15-3-5-16(26)6-4-15)12-17-11-20(13-28-17)7-9-25(10-8-20)19(27)18-21-14-22-24(18)2/h14-17,26H,3-13H2,1-2H3/t15?,16?,17-/m0/s1. The van der Waals surface area contributed by atoms with Gasteiger partial charge in [0.2, 0.25) is 5.82 Å². The summed E-state index contributed by atoms with van der Waals surface area (Å²) in [5, 5.41) is 13.7. The van der Waals surface area contributed by atoms with Gasteiger partial charge in [-0.05, 0) is 57.4 Å². The lowest BCUT2D eigenvalue weighted by Gasteiger charge is -2.38. The Bertz CT molecular complexity index is 677. The molecule has 0 unspecified atom stereocenters. The van der Waals surface area contributed by atoms with Gasteiger partial charge in [-0.1, -0.05) is 0 Å². The first-order valence-electron chi connectivity index (χ1n) is 10.6. The predicted molar refractivity (Wildman–Crippen MR) is 104 cm³/mol. The monoisotopic (exact) mass is 391 g/mol. The smallest absolute Gasteiger partial charge is 0.291 e. The Balaban J connectivity index is 1.26. The number of nitrogens with zero attached hydrogens (tertiary/aromatic N) is 5. The lowest BCUT2D eigenvalue weighted by Crippen LogP contribution is -2.44. The van der Waals surface area contributed by atoms with Gasteiger partial charge in [0.25, 0.3) is 5.91 Å². The fourth-order valence-corrected chi connectivity index (χ4v) is 5.15. The Hall–Kier alpha value is -1.51. The van der Waals surface area contributed by atoms with Gasteiger partial charge in [0.15, 0.2) is 0 Å². The quantitative estimate of drug-likeness (QED) is 0.826. The van der Waals surface area contributed by atoms with Crippen molar-refractivity contribution in [2.45, 2.75) is 63.2 Å². The molecule has 8 heteroatoms. The summed E-state index contributed by atoms with van der Waals surface area (Å²) in [7, 11) is 3.95. The summed E-state index contributed by atoms with van der Waals surface area (Å²) in [5.74, 6) is 0.389. The number of likely N-dealkylation sites (tertiary alicyclic amines) is 1. The third-order valence-electron chi connectivity index (χ3n) is 7.08. The molecule has 1 saturated carbocycles. The van der Waals surface area contributed by atoms with Gasteiger partial charge in [-0.15, -0.1) is 0 Å². The van der Waals surface area contributed by atoms with Gasteiger partial charge in [0.1, 0.15) is 6.33 Å². The van der Waals surface area contributed by atoms with Crippen LogP contribution in [0.15, 0.2) is 6.33 Å². The van der Waals surface area contributed by atoms with Crippen LogP contribution in [0.25, 0.3) is 0 Å². The van der Waals surface area contributed by atoms with Gasteiger partial charge in [-0.3, -0.25) is 4.79 Å². The number of aromatic nitrogens is 3. The number of hydrogen-bond acceptors (Lipinski definition) is 6. The molecule has 2 aliphatic heterocycles. The van der Waals surface area contributed by atoms with Crippen LogP contribution in [0.2, 0.25) is 0 Å². The van der Waals surface area contributed by atoms with Gasteiger partial charge in [-0.2, -0.15) is 5.10 Å². The summed E-state index contributed by atoms with van der Waals surface area (Å²) in [5.41, 5.74) is 0.213. The molecular formula is C20H33N5O3. The van der Waals surface area contributed by atoms with E-state index in [1.165, 1.54) is 6.33 Å². The third-order valence-corrected chi connectivity index (χ3v) is 7.08. The molecule has 0 bridgehead atoms. The van der Waals surface area contributed by atoms with E-state index in [-0.39, 0.29) is 23.5 Å². The first-order valence-corrected chi connectivity index (χ1v) is 10.6. The van der Waals surface area contributed by atoms with Crippen LogP contribution in [0.3, 0.4) is 0 Å². The van der Waals surface area contributed by atoms with Crippen molar-refractivity contribution in [3.63, 3.8) is 0 Å². The number of rotatable bonds is 4. The van der Waals surface area contributed by atoms with Crippen LogP contribution in [0.1, 0.15) is 55.6 Å². The molecule has 28 heavy (non-hydrogen) atoms. The number of aliphatic hydroxyl groups excluding tert-OH is 1. The molecule has 3 fully saturated rings. The largest absolute Gasteiger partial charge is 0.393 e. The molecule has 0 aromatic carbocycles. The Morgan fingerprint density at radius 2 is 2.04 bits per heavy atom. The van der Waals surface area contributed by atoms with Crippen LogP contribution in [0.4, 0.5) is 0 Å². The molecule has 3 aliphatic rings. The summed E-state index contributed by atoms with van der Waals surface area (Å²) in [6.45, 7) is 3.29. The molecule has 1 aliphatic carbocycles. The molecule has 1 amide bonds. The number of amides is 1. The Morgan fingerprint density at radius 1 is 1.32 bits per heavy atom. The van der Waals surface area contributed by atoms with E-state index in [4.69, 9.17) is 4.74 Å². The van der Waals surface area contributed by atoms with E-state index in [9.17, 15) is 9.90 Å². The van der Waals surface area contributed by atoms with Crippen molar-refractivity contribution in [1.29, 1.82) is 0 Å². The van der Waals surface area contributed by atoms with Crippen molar-refractivity contribution in [1.82, 2.24) is 24.6 Å². The van der Waals surface area contributed by atoms with Crippen LogP contribution in [-0.2, 0) is 11.8 Å². The lowest BCUT2D eigenvalue weighted by atomic mass is 9.76. The third kappa shape index (κ3) is 4.09. The van der Waals surface area contributed by atoms with Gasteiger partial charge >= 0.3 is 0 Å². The average molecular weight is 392 g/mol. The van der Waals surface area contributed by atoms with Gasteiger partial charge < -0.3 is 19.6 Å². The number of piperidine rings is 1. The normalized spacial score (nSPS) is 30.3. The molecule has 2 saturated heterocycles. The second-order valence-electron chi connectivity index (χ2n) is 9.04. The molecular weight excluding hydrogens is 358 g/mol. The number of carbonyl (C=O) groups excluding carboxylic acids is 1. The maximum atomic E-state index is 12.6. The van der Waals surface area contributed by atoms with Gasteiger partial charge in [-0.25, -0.2) is 9.67 Å². The topological polar surface area (TPSA) is 83.7 Å². The van der Waals surface area contributed by atoms with Crippen molar-refractivity contribution >= 4 is 5.91 Å². The summed E-state index contributed by atoms with van der Waals surface area (Å²) in [6.07, 6.45) is 8.65. The molecule has 1 spiro atoms.